The van der Waals surface area contributed by atoms with Crippen LogP contribution < -0.4 is 21.5 Å². The maximum absolute atomic E-state index is 8.58. The third-order valence-corrected chi connectivity index (χ3v) is 5.33. The van der Waals surface area contributed by atoms with Gasteiger partial charge in [-0.2, -0.15) is 4.98 Å². The third kappa shape index (κ3) is 3.28. The molecule has 2 aromatic carbocycles. The number of anilines is 2. The Morgan fingerprint density at radius 2 is 2.03 bits per heavy atom. The van der Waals surface area contributed by atoms with Crippen LogP contribution in [0.15, 0.2) is 34.7 Å². The SMILES string of the molecule is NC=O.Nc1nc2cc(-c3nc4cc(NCC5CC5)cc5c4n3CCO5)ccc2o1. The average molecular weight is 406 g/mol. The number of ether oxygens (including phenoxy) is 1. The van der Waals surface area contributed by atoms with Gasteiger partial charge in [0.15, 0.2) is 5.58 Å². The molecular weight excluding hydrogens is 384 g/mol. The number of nitrogen functional groups attached to an aromatic ring is 1. The molecule has 2 aromatic heterocycles. The van der Waals surface area contributed by atoms with Crippen LogP contribution in [0.1, 0.15) is 12.8 Å². The fourth-order valence-electron chi connectivity index (χ4n) is 3.80. The molecule has 0 bridgehead atoms. The van der Waals surface area contributed by atoms with Gasteiger partial charge in [-0.15, -0.1) is 0 Å². The highest BCUT2D eigenvalue weighted by Crippen LogP contribution is 2.37. The molecule has 1 aliphatic heterocycles. The number of imidazole rings is 1. The number of hydrogen-bond acceptors (Lipinski definition) is 7. The summed E-state index contributed by atoms with van der Waals surface area (Å²) >= 11 is 0. The molecule has 3 heterocycles. The molecule has 0 atom stereocenters. The lowest BCUT2D eigenvalue weighted by atomic mass is 10.2. The Hall–Kier alpha value is -3.75. The maximum atomic E-state index is 8.58. The summed E-state index contributed by atoms with van der Waals surface area (Å²) in [7, 11) is 0. The maximum Gasteiger partial charge on any atom is 0.292 e. The number of nitrogens with one attached hydrogen (secondary N) is 1. The fraction of sp³-hybridized carbons (Fsp3) is 0.286. The van der Waals surface area contributed by atoms with Crippen molar-refractivity contribution in [3.63, 3.8) is 0 Å². The van der Waals surface area contributed by atoms with E-state index in [1.54, 1.807) is 0 Å². The molecule has 1 saturated carbocycles. The van der Waals surface area contributed by atoms with E-state index in [2.05, 4.69) is 32.7 Å². The zero-order chi connectivity index (χ0) is 20.7. The normalized spacial score (nSPS) is 14.8. The van der Waals surface area contributed by atoms with Gasteiger partial charge < -0.3 is 30.5 Å². The van der Waals surface area contributed by atoms with Crippen LogP contribution in [0.4, 0.5) is 11.7 Å². The number of primary amides is 1. The van der Waals surface area contributed by atoms with E-state index in [1.165, 1.54) is 12.8 Å². The van der Waals surface area contributed by atoms with Crippen LogP contribution in [0, 0.1) is 5.92 Å². The first kappa shape index (κ1) is 18.3. The predicted molar refractivity (Wildman–Crippen MR) is 114 cm³/mol. The second-order valence-electron chi connectivity index (χ2n) is 7.47. The van der Waals surface area contributed by atoms with Gasteiger partial charge in [-0.05, 0) is 43.0 Å². The van der Waals surface area contributed by atoms with E-state index in [0.717, 1.165) is 58.4 Å². The van der Waals surface area contributed by atoms with Crippen molar-refractivity contribution in [3.8, 4) is 17.1 Å². The van der Waals surface area contributed by atoms with Gasteiger partial charge in [0, 0.05) is 23.9 Å². The van der Waals surface area contributed by atoms with Crippen molar-refractivity contribution >= 4 is 40.2 Å². The zero-order valence-corrected chi connectivity index (χ0v) is 16.3. The lowest BCUT2D eigenvalue weighted by Gasteiger charge is -2.19. The monoisotopic (exact) mass is 406 g/mol. The number of carbonyl (C=O) groups excluding carboxylic acids is 1. The highest BCUT2D eigenvalue weighted by Gasteiger charge is 2.23. The molecule has 9 nitrogen and oxygen atoms in total. The Bertz CT molecular complexity index is 1240. The summed E-state index contributed by atoms with van der Waals surface area (Å²) in [5.41, 5.74) is 15.3. The van der Waals surface area contributed by atoms with E-state index < -0.39 is 0 Å². The van der Waals surface area contributed by atoms with Crippen molar-refractivity contribution in [2.75, 3.05) is 24.2 Å². The molecule has 0 radical (unpaired) electrons. The molecule has 1 aliphatic carbocycles. The Balaban J connectivity index is 0.000000609. The van der Waals surface area contributed by atoms with Crippen LogP contribution in [0.3, 0.4) is 0 Å². The lowest BCUT2D eigenvalue weighted by molar-refractivity contribution is -0.106. The molecular formula is C21H22N6O3. The van der Waals surface area contributed by atoms with Crippen LogP contribution >= 0.6 is 0 Å². The van der Waals surface area contributed by atoms with Gasteiger partial charge in [0.1, 0.15) is 29.2 Å². The Morgan fingerprint density at radius 1 is 1.20 bits per heavy atom. The van der Waals surface area contributed by atoms with Crippen molar-refractivity contribution in [2.24, 2.45) is 11.7 Å². The number of hydrogen-bond donors (Lipinski definition) is 3. The van der Waals surface area contributed by atoms with Crippen molar-refractivity contribution in [1.29, 1.82) is 0 Å². The minimum Gasteiger partial charge on any atom is -0.489 e. The predicted octanol–water partition coefficient (Wildman–Crippen LogP) is 2.74. The second-order valence-corrected chi connectivity index (χ2v) is 7.47. The molecule has 0 spiro atoms. The first-order valence-electron chi connectivity index (χ1n) is 9.89. The number of fused-ring (bicyclic) bond motifs is 1. The quantitative estimate of drug-likeness (QED) is 0.444. The van der Waals surface area contributed by atoms with Crippen LogP contribution in [0.2, 0.25) is 0 Å². The molecule has 9 heteroatoms. The number of rotatable bonds is 4. The first-order valence-corrected chi connectivity index (χ1v) is 9.89. The minimum absolute atomic E-state index is 0.179. The Kier molecular flexibility index (Phi) is 4.42. The smallest absolute Gasteiger partial charge is 0.292 e. The number of nitrogens with two attached hydrogens (primary N) is 2. The lowest BCUT2D eigenvalue weighted by Crippen LogP contribution is -2.15. The number of carbonyl (C=O) groups is 1. The van der Waals surface area contributed by atoms with Crippen molar-refractivity contribution in [1.82, 2.24) is 14.5 Å². The number of amides is 1. The van der Waals surface area contributed by atoms with E-state index in [4.69, 9.17) is 24.7 Å². The van der Waals surface area contributed by atoms with Gasteiger partial charge in [0.25, 0.3) is 6.01 Å². The summed E-state index contributed by atoms with van der Waals surface area (Å²) in [6, 6.07) is 10.2. The average Bonchev–Trinajstić information content (AvgIpc) is 3.39. The molecule has 4 aromatic rings. The highest BCUT2D eigenvalue weighted by atomic mass is 16.5. The summed E-state index contributed by atoms with van der Waals surface area (Å²) in [6.45, 7) is 2.42. The van der Waals surface area contributed by atoms with E-state index >= 15 is 0 Å². The number of benzene rings is 2. The van der Waals surface area contributed by atoms with Crippen molar-refractivity contribution in [3.05, 3.63) is 30.3 Å². The van der Waals surface area contributed by atoms with Gasteiger partial charge in [0.2, 0.25) is 6.41 Å². The molecule has 154 valence electrons. The molecule has 1 fully saturated rings. The molecule has 1 amide bonds. The number of aromatic nitrogens is 3. The first-order chi connectivity index (χ1) is 14.7. The van der Waals surface area contributed by atoms with Gasteiger partial charge >= 0.3 is 0 Å². The summed E-state index contributed by atoms with van der Waals surface area (Å²) in [6.07, 6.45) is 2.90. The van der Waals surface area contributed by atoms with Gasteiger partial charge in [-0.1, -0.05) is 0 Å². The topological polar surface area (TPSA) is 134 Å². The summed E-state index contributed by atoms with van der Waals surface area (Å²) < 4.78 is 13.5. The molecule has 30 heavy (non-hydrogen) atoms. The van der Waals surface area contributed by atoms with Crippen LogP contribution in [0.5, 0.6) is 5.75 Å². The summed E-state index contributed by atoms with van der Waals surface area (Å²) in [4.78, 5) is 17.7. The van der Waals surface area contributed by atoms with Crippen LogP contribution in [0.25, 0.3) is 33.5 Å². The largest absolute Gasteiger partial charge is 0.489 e. The third-order valence-electron chi connectivity index (χ3n) is 5.33. The zero-order valence-electron chi connectivity index (χ0n) is 16.3. The van der Waals surface area contributed by atoms with E-state index in [-0.39, 0.29) is 12.4 Å². The standard InChI is InChI=1S/C20H19N5O2.CH3NO/c21-20-24-14-7-12(3-4-16(14)27-20)19-23-15-8-13(22-10-11-1-2-11)9-17-18(15)25(19)5-6-26-17;2-1-3/h3-4,7-9,11,22H,1-2,5-6,10H2,(H2,21,24);1H,(H2,2,3). The van der Waals surface area contributed by atoms with Crippen LogP contribution in [-0.2, 0) is 11.3 Å². The van der Waals surface area contributed by atoms with E-state index in [1.807, 2.05) is 18.2 Å². The number of oxazole rings is 1. The van der Waals surface area contributed by atoms with E-state index in [9.17, 15) is 0 Å². The molecule has 6 rings (SSSR count). The van der Waals surface area contributed by atoms with Crippen molar-refractivity contribution in [2.45, 2.75) is 19.4 Å². The molecule has 5 N–H and O–H groups in total. The van der Waals surface area contributed by atoms with Gasteiger partial charge in [-0.3, -0.25) is 4.79 Å². The second kappa shape index (κ2) is 7.25. The number of nitrogens with zero attached hydrogens (tertiary/aromatic N) is 3. The van der Waals surface area contributed by atoms with Gasteiger partial charge in [-0.25, -0.2) is 4.98 Å². The summed E-state index contributed by atoms with van der Waals surface area (Å²) in [5.74, 6) is 2.62. The molecule has 0 saturated heterocycles. The minimum atomic E-state index is 0.179. The Labute approximate surface area is 172 Å². The van der Waals surface area contributed by atoms with Gasteiger partial charge in [0.05, 0.1) is 12.1 Å². The van der Waals surface area contributed by atoms with E-state index in [0.29, 0.717) is 12.2 Å². The summed E-state index contributed by atoms with van der Waals surface area (Å²) in [5, 5.41) is 3.53. The van der Waals surface area contributed by atoms with Crippen LogP contribution in [-0.4, -0.2) is 34.1 Å². The highest BCUT2D eigenvalue weighted by molar-refractivity contribution is 5.91. The Morgan fingerprint density at radius 3 is 2.83 bits per heavy atom. The molecule has 2 aliphatic rings. The van der Waals surface area contributed by atoms with Crippen molar-refractivity contribution < 1.29 is 13.9 Å². The molecule has 0 unspecified atom stereocenters. The fourth-order valence-corrected chi connectivity index (χ4v) is 3.80.